The van der Waals surface area contributed by atoms with E-state index in [0.29, 0.717) is 5.75 Å². The number of hydrogen-bond acceptors (Lipinski definition) is 4. The summed E-state index contributed by atoms with van der Waals surface area (Å²) in [6.07, 6.45) is -0.745. The Morgan fingerprint density at radius 2 is 1.65 bits per heavy atom. The molecule has 0 radical (unpaired) electrons. The topological polar surface area (TPSA) is 76.7 Å². The summed E-state index contributed by atoms with van der Waals surface area (Å²) in [4.78, 5) is 23.0. The Labute approximate surface area is 141 Å². The highest BCUT2D eigenvalue weighted by Gasteiger charge is 2.06. The highest BCUT2D eigenvalue weighted by molar-refractivity contribution is 9.10. The molecule has 7 heteroatoms. The SMILES string of the molecule is O=C(COc1ccc(Br)cc1)NNC(=O)OCc1ccccc1. The molecular formula is C16H15BrN2O4. The third kappa shape index (κ3) is 6.39. The third-order valence-electron chi connectivity index (χ3n) is 2.70. The van der Waals surface area contributed by atoms with Crippen LogP contribution < -0.4 is 15.6 Å². The number of halogens is 1. The van der Waals surface area contributed by atoms with Crippen molar-refractivity contribution in [1.29, 1.82) is 0 Å². The predicted molar refractivity (Wildman–Crippen MR) is 87.5 cm³/mol. The molecule has 0 aliphatic carbocycles. The smallest absolute Gasteiger partial charge is 0.426 e. The molecule has 0 atom stereocenters. The molecule has 23 heavy (non-hydrogen) atoms. The Bertz CT molecular complexity index is 647. The lowest BCUT2D eigenvalue weighted by Gasteiger charge is -2.09. The van der Waals surface area contributed by atoms with Crippen molar-refractivity contribution in [3.8, 4) is 5.75 Å². The van der Waals surface area contributed by atoms with Crippen LogP contribution in [0.15, 0.2) is 59.1 Å². The van der Waals surface area contributed by atoms with Crippen LogP contribution in [0, 0.1) is 0 Å². The van der Waals surface area contributed by atoms with Gasteiger partial charge in [0.15, 0.2) is 6.61 Å². The van der Waals surface area contributed by atoms with Crippen molar-refractivity contribution in [3.63, 3.8) is 0 Å². The van der Waals surface area contributed by atoms with Gasteiger partial charge in [-0.05, 0) is 29.8 Å². The van der Waals surface area contributed by atoms with Gasteiger partial charge >= 0.3 is 6.09 Å². The van der Waals surface area contributed by atoms with Gasteiger partial charge in [-0.3, -0.25) is 10.2 Å². The van der Waals surface area contributed by atoms with E-state index in [4.69, 9.17) is 9.47 Å². The number of carbonyl (C=O) groups is 2. The average molecular weight is 379 g/mol. The zero-order valence-electron chi connectivity index (χ0n) is 12.1. The van der Waals surface area contributed by atoms with E-state index in [0.717, 1.165) is 10.0 Å². The fourth-order valence-electron chi connectivity index (χ4n) is 1.60. The molecule has 0 aromatic heterocycles. The van der Waals surface area contributed by atoms with E-state index in [-0.39, 0.29) is 13.2 Å². The number of amides is 2. The molecule has 0 aliphatic rings. The summed E-state index contributed by atoms with van der Waals surface area (Å²) in [6.45, 7) is -0.0987. The summed E-state index contributed by atoms with van der Waals surface area (Å²) in [5.74, 6) is 0.0552. The fourth-order valence-corrected chi connectivity index (χ4v) is 1.86. The minimum Gasteiger partial charge on any atom is -0.484 e. The van der Waals surface area contributed by atoms with Gasteiger partial charge in [-0.15, -0.1) is 0 Å². The van der Waals surface area contributed by atoms with Gasteiger partial charge in [-0.1, -0.05) is 46.3 Å². The van der Waals surface area contributed by atoms with E-state index in [1.165, 1.54) is 0 Å². The Kier molecular flexibility index (Phi) is 6.43. The first kappa shape index (κ1) is 16.8. The maximum atomic E-state index is 11.5. The number of nitrogens with one attached hydrogen (secondary N) is 2. The fraction of sp³-hybridized carbons (Fsp3) is 0.125. The van der Waals surface area contributed by atoms with E-state index in [9.17, 15) is 9.59 Å². The second-order valence-electron chi connectivity index (χ2n) is 4.48. The molecule has 0 spiro atoms. The molecule has 0 fully saturated rings. The van der Waals surface area contributed by atoms with Gasteiger partial charge < -0.3 is 9.47 Å². The lowest BCUT2D eigenvalue weighted by atomic mass is 10.2. The van der Waals surface area contributed by atoms with Crippen LogP contribution >= 0.6 is 15.9 Å². The molecule has 120 valence electrons. The predicted octanol–water partition coefficient (Wildman–Crippen LogP) is 2.79. The molecule has 0 aliphatic heterocycles. The molecule has 2 aromatic rings. The van der Waals surface area contributed by atoms with Crippen LogP contribution in [0.3, 0.4) is 0 Å². The van der Waals surface area contributed by atoms with Crippen molar-refractivity contribution < 1.29 is 19.1 Å². The Balaban J connectivity index is 1.63. The zero-order valence-corrected chi connectivity index (χ0v) is 13.7. The van der Waals surface area contributed by atoms with Crippen LogP contribution in [0.25, 0.3) is 0 Å². The van der Waals surface area contributed by atoms with E-state index in [2.05, 4.69) is 26.8 Å². The first-order valence-corrected chi connectivity index (χ1v) is 7.56. The Hall–Kier alpha value is -2.54. The molecule has 2 amide bonds. The third-order valence-corrected chi connectivity index (χ3v) is 3.23. The number of benzene rings is 2. The molecule has 0 heterocycles. The molecule has 2 aromatic carbocycles. The second kappa shape index (κ2) is 8.79. The van der Waals surface area contributed by atoms with E-state index in [1.807, 2.05) is 30.3 Å². The number of hydrogen-bond donors (Lipinski definition) is 2. The first-order valence-electron chi connectivity index (χ1n) is 6.77. The van der Waals surface area contributed by atoms with Crippen LogP contribution in [0.4, 0.5) is 4.79 Å². The maximum Gasteiger partial charge on any atom is 0.426 e. The molecule has 2 rings (SSSR count). The standard InChI is InChI=1S/C16H15BrN2O4/c17-13-6-8-14(9-7-13)22-11-15(20)18-19-16(21)23-10-12-4-2-1-3-5-12/h1-9H,10-11H2,(H,18,20)(H,19,21). The molecule has 2 N–H and O–H groups in total. The number of carbonyl (C=O) groups excluding carboxylic acids is 2. The largest absolute Gasteiger partial charge is 0.484 e. The lowest BCUT2D eigenvalue weighted by molar-refractivity contribution is -0.124. The van der Waals surface area contributed by atoms with Crippen molar-refractivity contribution in [3.05, 3.63) is 64.6 Å². The minimum absolute atomic E-state index is 0.123. The second-order valence-corrected chi connectivity index (χ2v) is 5.39. The van der Waals surface area contributed by atoms with Crippen LogP contribution in [-0.2, 0) is 16.1 Å². The molecule has 6 nitrogen and oxygen atoms in total. The zero-order chi connectivity index (χ0) is 16.5. The summed E-state index contributed by atoms with van der Waals surface area (Å²) in [5.41, 5.74) is 5.21. The van der Waals surface area contributed by atoms with Gasteiger partial charge in [-0.25, -0.2) is 10.2 Å². The average Bonchev–Trinajstić information content (AvgIpc) is 2.58. The van der Waals surface area contributed by atoms with Gasteiger partial charge in [-0.2, -0.15) is 0 Å². The van der Waals surface area contributed by atoms with Gasteiger partial charge in [0.2, 0.25) is 0 Å². The van der Waals surface area contributed by atoms with E-state index < -0.39 is 12.0 Å². The van der Waals surface area contributed by atoms with Gasteiger partial charge in [0, 0.05) is 4.47 Å². The summed E-state index contributed by atoms with van der Waals surface area (Å²) >= 11 is 3.30. The highest BCUT2D eigenvalue weighted by Crippen LogP contribution is 2.15. The minimum atomic E-state index is -0.745. The van der Waals surface area contributed by atoms with Crippen LogP contribution in [-0.4, -0.2) is 18.6 Å². The van der Waals surface area contributed by atoms with Crippen molar-refractivity contribution in [2.75, 3.05) is 6.61 Å². The molecule has 0 unspecified atom stereocenters. The quantitative estimate of drug-likeness (QED) is 0.784. The van der Waals surface area contributed by atoms with Crippen LogP contribution in [0.5, 0.6) is 5.75 Å². The highest BCUT2D eigenvalue weighted by atomic mass is 79.9. The summed E-state index contributed by atoms with van der Waals surface area (Å²) < 4.78 is 11.1. The molecule has 0 bridgehead atoms. The number of ether oxygens (including phenoxy) is 2. The van der Waals surface area contributed by atoms with E-state index in [1.54, 1.807) is 24.3 Å². The lowest BCUT2D eigenvalue weighted by Crippen LogP contribution is -2.44. The van der Waals surface area contributed by atoms with Crippen LogP contribution in [0.1, 0.15) is 5.56 Å². The van der Waals surface area contributed by atoms with Gasteiger partial charge in [0.1, 0.15) is 12.4 Å². The monoisotopic (exact) mass is 378 g/mol. The molecule has 0 saturated heterocycles. The normalized spacial score (nSPS) is 9.78. The van der Waals surface area contributed by atoms with Gasteiger partial charge in [0.25, 0.3) is 5.91 Å². The molecular weight excluding hydrogens is 364 g/mol. The first-order chi connectivity index (χ1) is 11.1. The Morgan fingerprint density at radius 1 is 0.957 bits per heavy atom. The number of rotatable bonds is 5. The van der Waals surface area contributed by atoms with Crippen molar-refractivity contribution in [1.82, 2.24) is 10.9 Å². The van der Waals surface area contributed by atoms with Crippen molar-refractivity contribution in [2.24, 2.45) is 0 Å². The maximum absolute atomic E-state index is 11.5. The van der Waals surface area contributed by atoms with E-state index >= 15 is 0 Å². The van der Waals surface area contributed by atoms with Crippen molar-refractivity contribution >= 4 is 27.9 Å². The van der Waals surface area contributed by atoms with Crippen LogP contribution in [0.2, 0.25) is 0 Å². The Morgan fingerprint density at radius 3 is 2.35 bits per heavy atom. The molecule has 0 saturated carbocycles. The summed E-state index contributed by atoms with van der Waals surface area (Å²) in [5, 5.41) is 0. The van der Waals surface area contributed by atoms with Gasteiger partial charge in [0.05, 0.1) is 0 Å². The number of hydrazine groups is 1. The summed E-state index contributed by atoms with van der Waals surface area (Å²) in [6, 6.07) is 16.3. The summed E-state index contributed by atoms with van der Waals surface area (Å²) in [7, 11) is 0. The van der Waals surface area contributed by atoms with Crippen molar-refractivity contribution in [2.45, 2.75) is 6.61 Å².